The first-order valence-corrected chi connectivity index (χ1v) is 7.17. The van der Waals surface area contributed by atoms with Gasteiger partial charge in [-0.05, 0) is 25.5 Å². The van der Waals surface area contributed by atoms with Crippen LogP contribution in [0.1, 0.15) is 22.3 Å². The highest BCUT2D eigenvalue weighted by Crippen LogP contribution is 2.23. The van der Waals surface area contributed by atoms with E-state index in [-0.39, 0.29) is 12.5 Å². The predicted molar refractivity (Wildman–Crippen MR) is 79.9 cm³/mol. The SMILES string of the molecule is Cc1ccc(-n2ccnc2)c(C(=O)N2CCC(C(=O)O)C2)c1. The largest absolute Gasteiger partial charge is 0.481 e. The molecule has 0 spiro atoms. The smallest absolute Gasteiger partial charge is 0.308 e. The van der Waals surface area contributed by atoms with E-state index in [2.05, 4.69) is 4.98 Å². The lowest BCUT2D eigenvalue weighted by molar-refractivity contribution is -0.141. The summed E-state index contributed by atoms with van der Waals surface area (Å²) in [5.74, 6) is -1.43. The van der Waals surface area contributed by atoms with Crippen molar-refractivity contribution in [2.45, 2.75) is 13.3 Å². The first kappa shape index (κ1) is 14.3. The highest BCUT2D eigenvalue weighted by Gasteiger charge is 2.32. The summed E-state index contributed by atoms with van der Waals surface area (Å²) in [5, 5.41) is 9.08. The van der Waals surface area contributed by atoms with Crippen LogP contribution in [0, 0.1) is 12.8 Å². The number of nitrogens with zero attached hydrogens (tertiary/aromatic N) is 3. The molecule has 3 rings (SSSR count). The van der Waals surface area contributed by atoms with Crippen LogP contribution in [0.25, 0.3) is 5.69 Å². The van der Waals surface area contributed by atoms with E-state index in [1.54, 1.807) is 28.2 Å². The number of likely N-dealkylation sites (tertiary alicyclic amines) is 1. The second-order valence-electron chi connectivity index (χ2n) is 5.57. The van der Waals surface area contributed by atoms with Crippen molar-refractivity contribution in [3.8, 4) is 5.69 Å². The van der Waals surface area contributed by atoms with Crippen LogP contribution in [0.4, 0.5) is 0 Å². The van der Waals surface area contributed by atoms with Crippen LogP contribution >= 0.6 is 0 Å². The Hall–Kier alpha value is -2.63. The summed E-state index contributed by atoms with van der Waals surface area (Å²) in [6, 6.07) is 5.66. The molecule has 2 aromatic rings. The van der Waals surface area contributed by atoms with Crippen LogP contribution < -0.4 is 0 Å². The van der Waals surface area contributed by atoms with Crippen molar-refractivity contribution in [1.82, 2.24) is 14.5 Å². The first-order chi connectivity index (χ1) is 10.6. The fourth-order valence-corrected chi connectivity index (χ4v) is 2.76. The van der Waals surface area contributed by atoms with Crippen LogP contribution in [0.2, 0.25) is 0 Å². The van der Waals surface area contributed by atoms with Crippen LogP contribution in [-0.4, -0.2) is 44.5 Å². The molecule has 1 saturated heterocycles. The number of carboxylic acids is 1. The highest BCUT2D eigenvalue weighted by atomic mass is 16.4. The number of aliphatic carboxylic acids is 1. The number of carbonyl (C=O) groups excluding carboxylic acids is 1. The van der Waals surface area contributed by atoms with Gasteiger partial charge in [0.25, 0.3) is 5.91 Å². The summed E-state index contributed by atoms with van der Waals surface area (Å²) >= 11 is 0. The highest BCUT2D eigenvalue weighted by molar-refractivity contribution is 5.98. The molecule has 22 heavy (non-hydrogen) atoms. The van der Waals surface area contributed by atoms with E-state index in [9.17, 15) is 9.59 Å². The zero-order valence-electron chi connectivity index (χ0n) is 12.3. The molecule has 0 aliphatic carbocycles. The minimum Gasteiger partial charge on any atom is -0.481 e. The second-order valence-corrected chi connectivity index (χ2v) is 5.57. The third-order valence-corrected chi connectivity index (χ3v) is 3.99. The van der Waals surface area contributed by atoms with E-state index in [1.807, 2.05) is 25.1 Å². The van der Waals surface area contributed by atoms with Crippen molar-refractivity contribution >= 4 is 11.9 Å². The number of carbonyl (C=O) groups is 2. The Kier molecular flexibility index (Phi) is 3.66. The molecule has 1 fully saturated rings. The average Bonchev–Trinajstić information content (AvgIpc) is 3.18. The number of hydrogen-bond donors (Lipinski definition) is 1. The maximum Gasteiger partial charge on any atom is 0.308 e. The maximum atomic E-state index is 12.8. The monoisotopic (exact) mass is 299 g/mol. The lowest BCUT2D eigenvalue weighted by Gasteiger charge is -2.19. The number of amides is 1. The van der Waals surface area contributed by atoms with Crippen LogP contribution in [-0.2, 0) is 4.79 Å². The lowest BCUT2D eigenvalue weighted by atomic mass is 10.1. The average molecular weight is 299 g/mol. The van der Waals surface area contributed by atoms with Gasteiger partial charge in [-0.3, -0.25) is 9.59 Å². The minimum atomic E-state index is -0.839. The van der Waals surface area contributed by atoms with Gasteiger partial charge in [0.2, 0.25) is 0 Å². The van der Waals surface area contributed by atoms with Crippen molar-refractivity contribution in [3.63, 3.8) is 0 Å². The van der Waals surface area contributed by atoms with Gasteiger partial charge in [0, 0.05) is 25.5 Å². The predicted octanol–water partition coefficient (Wildman–Crippen LogP) is 1.73. The molecule has 1 aromatic carbocycles. The van der Waals surface area contributed by atoms with Crippen LogP contribution in [0.3, 0.4) is 0 Å². The molecule has 114 valence electrons. The van der Waals surface area contributed by atoms with Gasteiger partial charge in [0.1, 0.15) is 0 Å². The van der Waals surface area contributed by atoms with E-state index in [4.69, 9.17) is 5.11 Å². The standard InChI is InChI=1S/C16H17N3O3/c1-11-2-3-14(19-7-5-17-10-19)13(8-11)15(20)18-6-4-12(9-18)16(21)22/h2-3,5,7-8,10,12H,4,6,9H2,1H3,(H,21,22). The van der Waals surface area contributed by atoms with E-state index in [0.29, 0.717) is 18.5 Å². The van der Waals surface area contributed by atoms with Crippen molar-refractivity contribution in [2.75, 3.05) is 13.1 Å². The van der Waals surface area contributed by atoms with Gasteiger partial charge < -0.3 is 14.6 Å². The Balaban J connectivity index is 1.93. The number of aromatic nitrogens is 2. The molecule has 1 amide bonds. The van der Waals surface area contributed by atoms with Gasteiger partial charge in [0.05, 0.1) is 23.5 Å². The molecular weight excluding hydrogens is 282 g/mol. The van der Waals surface area contributed by atoms with Gasteiger partial charge in [0.15, 0.2) is 0 Å². The molecule has 6 heteroatoms. The summed E-state index contributed by atoms with van der Waals surface area (Å²) in [4.78, 5) is 29.5. The second kappa shape index (κ2) is 5.63. The van der Waals surface area contributed by atoms with Crippen molar-refractivity contribution < 1.29 is 14.7 Å². The molecule has 0 bridgehead atoms. The molecule has 6 nitrogen and oxygen atoms in total. The topological polar surface area (TPSA) is 75.4 Å². The number of imidazole rings is 1. The van der Waals surface area contributed by atoms with Crippen molar-refractivity contribution in [2.24, 2.45) is 5.92 Å². The Morgan fingerprint density at radius 3 is 2.82 bits per heavy atom. The molecule has 1 aromatic heterocycles. The first-order valence-electron chi connectivity index (χ1n) is 7.17. The normalized spacial score (nSPS) is 17.7. The zero-order valence-corrected chi connectivity index (χ0v) is 12.3. The lowest BCUT2D eigenvalue weighted by Crippen LogP contribution is -2.30. The minimum absolute atomic E-state index is 0.129. The molecule has 1 N–H and O–H groups in total. The third-order valence-electron chi connectivity index (χ3n) is 3.99. The van der Waals surface area contributed by atoms with E-state index < -0.39 is 11.9 Å². The molecule has 1 unspecified atom stereocenters. The molecule has 1 atom stereocenters. The molecule has 0 radical (unpaired) electrons. The summed E-state index contributed by atoms with van der Waals surface area (Å²) in [5.41, 5.74) is 2.32. The van der Waals surface area contributed by atoms with Gasteiger partial charge in [-0.2, -0.15) is 0 Å². The van der Waals surface area contributed by atoms with Crippen LogP contribution in [0.5, 0.6) is 0 Å². The maximum absolute atomic E-state index is 12.8. The van der Waals surface area contributed by atoms with Gasteiger partial charge in [-0.1, -0.05) is 11.6 Å². The third kappa shape index (κ3) is 2.59. The number of carboxylic acid groups (broad SMARTS) is 1. The van der Waals surface area contributed by atoms with Crippen LogP contribution in [0.15, 0.2) is 36.9 Å². The van der Waals surface area contributed by atoms with Gasteiger partial charge in [-0.15, -0.1) is 0 Å². The number of rotatable bonds is 3. The Bertz CT molecular complexity index is 709. The Morgan fingerprint density at radius 1 is 1.36 bits per heavy atom. The van der Waals surface area contributed by atoms with Crippen molar-refractivity contribution in [1.29, 1.82) is 0 Å². The number of aryl methyl sites for hydroxylation is 1. The molecule has 2 heterocycles. The van der Waals surface area contributed by atoms with E-state index >= 15 is 0 Å². The summed E-state index contributed by atoms with van der Waals surface area (Å²) < 4.78 is 1.79. The van der Waals surface area contributed by atoms with Crippen molar-refractivity contribution in [3.05, 3.63) is 48.0 Å². The summed E-state index contributed by atoms with van der Waals surface area (Å²) in [7, 11) is 0. The number of hydrogen-bond acceptors (Lipinski definition) is 3. The molecular formula is C16H17N3O3. The number of benzene rings is 1. The van der Waals surface area contributed by atoms with Gasteiger partial charge >= 0.3 is 5.97 Å². The molecule has 1 aliphatic rings. The van der Waals surface area contributed by atoms with E-state index in [1.165, 1.54) is 0 Å². The summed E-state index contributed by atoms with van der Waals surface area (Å²) in [6.07, 6.45) is 5.59. The quantitative estimate of drug-likeness (QED) is 0.936. The fourth-order valence-electron chi connectivity index (χ4n) is 2.76. The molecule has 1 aliphatic heterocycles. The molecule has 0 saturated carbocycles. The fraction of sp³-hybridized carbons (Fsp3) is 0.312. The Labute approximate surface area is 128 Å². The van der Waals surface area contributed by atoms with E-state index in [0.717, 1.165) is 11.3 Å². The van der Waals surface area contributed by atoms with Gasteiger partial charge in [-0.25, -0.2) is 4.98 Å². The zero-order chi connectivity index (χ0) is 15.7. The summed E-state index contributed by atoms with van der Waals surface area (Å²) in [6.45, 7) is 2.68. The Morgan fingerprint density at radius 2 is 2.18 bits per heavy atom.